The fourth-order valence-electron chi connectivity index (χ4n) is 8.91. The van der Waals surface area contributed by atoms with Crippen molar-refractivity contribution in [1.29, 1.82) is 0 Å². The van der Waals surface area contributed by atoms with Gasteiger partial charge in [0.2, 0.25) is 0 Å². The Morgan fingerprint density at radius 2 is 0.692 bits per heavy atom. The summed E-state index contributed by atoms with van der Waals surface area (Å²) in [4.78, 5) is 0. The number of hydrogen-bond donors (Lipinski definition) is 0. The van der Waals surface area contributed by atoms with Crippen molar-refractivity contribution in [2.75, 3.05) is 0 Å². The first-order chi connectivity index (χ1) is 25.8. The van der Waals surface area contributed by atoms with E-state index >= 15 is 0 Å². The lowest BCUT2D eigenvalue weighted by atomic mass is 9.82. The molecule has 0 nitrogen and oxygen atoms in total. The van der Waals surface area contributed by atoms with E-state index in [-0.39, 0.29) is 0 Å². The average Bonchev–Trinajstić information content (AvgIpc) is 3.22. The zero-order valence-corrected chi connectivity index (χ0v) is 28.5. The molecule has 0 N–H and O–H groups in total. The molecule has 0 spiro atoms. The van der Waals surface area contributed by atoms with Gasteiger partial charge in [0.1, 0.15) is 0 Å². The van der Waals surface area contributed by atoms with E-state index in [2.05, 4.69) is 194 Å². The first-order valence-corrected chi connectivity index (χ1v) is 18.1. The predicted octanol–water partition coefficient (Wildman–Crippen LogP) is 14.8. The zero-order chi connectivity index (χ0) is 34.2. The van der Waals surface area contributed by atoms with Crippen LogP contribution in [0.1, 0.15) is 0 Å². The first kappa shape index (κ1) is 29.0. The molecule has 0 saturated heterocycles. The third kappa shape index (κ3) is 4.28. The highest BCUT2D eigenvalue weighted by molar-refractivity contribution is 6.34. The maximum absolute atomic E-state index is 2.41. The predicted molar refractivity (Wildman–Crippen MR) is 225 cm³/mol. The molecule has 0 atom stereocenters. The molecule has 0 heterocycles. The molecule has 0 aromatic heterocycles. The van der Waals surface area contributed by atoms with Crippen LogP contribution in [0.25, 0.3) is 109 Å². The molecule has 0 heteroatoms. The van der Waals surface area contributed by atoms with Crippen molar-refractivity contribution in [2.45, 2.75) is 0 Å². The van der Waals surface area contributed by atoms with E-state index in [1.807, 2.05) is 0 Å². The Hall–Kier alpha value is -6.76. The summed E-state index contributed by atoms with van der Waals surface area (Å²) in [6, 6.07) is 72.0. The minimum absolute atomic E-state index is 1.24. The number of hydrogen-bond acceptors (Lipinski definition) is 0. The Morgan fingerprint density at radius 3 is 1.48 bits per heavy atom. The standard InChI is InChI=1S/C52H32/c1-2-16-36-32-49-37(31-35(36)15-1)28-30-48(50(49)44-23-10-9-20-41(44)40-24-11-17-33-13-3-5-18-38(33)40)46-26-12-25-45-42-21-7-8-22-43(42)47-29-27-34-14-4-6-19-39(34)51(47)52(45)46/h1-32H. The van der Waals surface area contributed by atoms with Gasteiger partial charge in [0, 0.05) is 0 Å². The Morgan fingerprint density at radius 1 is 0.192 bits per heavy atom. The van der Waals surface area contributed by atoms with Gasteiger partial charge in [0.05, 0.1) is 0 Å². The van der Waals surface area contributed by atoms with Crippen molar-refractivity contribution in [3.05, 3.63) is 194 Å². The van der Waals surface area contributed by atoms with Crippen LogP contribution in [0.3, 0.4) is 0 Å². The molecule has 0 bridgehead atoms. The molecule has 52 heavy (non-hydrogen) atoms. The summed E-state index contributed by atoms with van der Waals surface area (Å²) in [6.07, 6.45) is 0. The van der Waals surface area contributed by atoms with Gasteiger partial charge in [-0.2, -0.15) is 0 Å². The van der Waals surface area contributed by atoms with Crippen LogP contribution < -0.4 is 0 Å². The molecule has 0 aliphatic rings. The SMILES string of the molecule is c1ccc(-c2c(-c3cccc4c5ccccc5c5ccc6ccccc6c5c34)ccc3cc4ccccc4cc23)c(-c2cccc3ccccc23)c1. The van der Waals surface area contributed by atoms with Gasteiger partial charge in [-0.05, 0) is 121 Å². The summed E-state index contributed by atoms with van der Waals surface area (Å²) in [5.74, 6) is 0. The molecule has 0 aliphatic carbocycles. The second kappa shape index (κ2) is 11.4. The highest BCUT2D eigenvalue weighted by Crippen LogP contribution is 2.49. The van der Waals surface area contributed by atoms with Gasteiger partial charge >= 0.3 is 0 Å². The van der Waals surface area contributed by atoms with E-state index in [4.69, 9.17) is 0 Å². The number of fused-ring (bicyclic) bond motifs is 11. The summed E-state index contributed by atoms with van der Waals surface area (Å²) in [5, 5.41) is 17.8. The van der Waals surface area contributed by atoms with Crippen molar-refractivity contribution in [1.82, 2.24) is 0 Å². The normalized spacial score (nSPS) is 11.8. The van der Waals surface area contributed by atoms with Gasteiger partial charge in [-0.1, -0.05) is 182 Å². The monoisotopic (exact) mass is 656 g/mol. The quantitative estimate of drug-likeness (QED) is 0.131. The van der Waals surface area contributed by atoms with E-state index < -0.39 is 0 Å². The Labute approximate surface area is 301 Å². The van der Waals surface area contributed by atoms with Gasteiger partial charge in [0.15, 0.2) is 0 Å². The Balaban J connectivity index is 1.34. The first-order valence-electron chi connectivity index (χ1n) is 18.1. The maximum atomic E-state index is 2.41. The molecule has 0 aliphatic heterocycles. The third-order valence-corrected chi connectivity index (χ3v) is 11.2. The van der Waals surface area contributed by atoms with Crippen molar-refractivity contribution < 1.29 is 0 Å². The van der Waals surface area contributed by atoms with E-state index in [1.54, 1.807) is 0 Å². The summed E-state index contributed by atoms with van der Waals surface area (Å²) in [7, 11) is 0. The Kier molecular flexibility index (Phi) is 6.35. The second-order valence-electron chi connectivity index (χ2n) is 14.0. The topological polar surface area (TPSA) is 0 Å². The fraction of sp³-hybridized carbons (Fsp3) is 0. The molecule has 0 amide bonds. The summed E-state index contributed by atoms with van der Waals surface area (Å²) >= 11 is 0. The summed E-state index contributed by atoms with van der Waals surface area (Å²) in [6.45, 7) is 0. The van der Waals surface area contributed by atoms with Gasteiger partial charge in [0.25, 0.3) is 0 Å². The van der Waals surface area contributed by atoms with E-state index in [0.717, 1.165) is 0 Å². The lowest BCUT2D eigenvalue weighted by Crippen LogP contribution is -1.94. The van der Waals surface area contributed by atoms with Crippen LogP contribution in [0, 0.1) is 0 Å². The third-order valence-electron chi connectivity index (χ3n) is 11.2. The van der Waals surface area contributed by atoms with Crippen molar-refractivity contribution in [2.24, 2.45) is 0 Å². The van der Waals surface area contributed by atoms with Crippen LogP contribution >= 0.6 is 0 Å². The Bertz CT molecular complexity index is 3230. The average molecular weight is 657 g/mol. The second-order valence-corrected chi connectivity index (χ2v) is 14.0. The molecule has 11 rings (SSSR count). The van der Waals surface area contributed by atoms with Gasteiger partial charge in [-0.3, -0.25) is 0 Å². The van der Waals surface area contributed by atoms with Crippen molar-refractivity contribution in [3.63, 3.8) is 0 Å². The molecule has 0 unspecified atom stereocenters. The highest BCUT2D eigenvalue weighted by atomic mass is 14.2. The van der Waals surface area contributed by atoms with Crippen LogP contribution in [-0.2, 0) is 0 Å². The van der Waals surface area contributed by atoms with Crippen LogP contribution in [0.15, 0.2) is 194 Å². The van der Waals surface area contributed by atoms with Crippen LogP contribution in [0.2, 0.25) is 0 Å². The van der Waals surface area contributed by atoms with E-state index in [9.17, 15) is 0 Å². The van der Waals surface area contributed by atoms with Crippen molar-refractivity contribution in [3.8, 4) is 33.4 Å². The van der Waals surface area contributed by atoms with Crippen LogP contribution in [0.4, 0.5) is 0 Å². The van der Waals surface area contributed by atoms with Gasteiger partial charge in [-0.15, -0.1) is 0 Å². The van der Waals surface area contributed by atoms with Gasteiger partial charge in [-0.25, -0.2) is 0 Å². The minimum Gasteiger partial charge on any atom is -0.0616 e. The number of benzene rings is 11. The van der Waals surface area contributed by atoms with E-state index in [1.165, 1.54) is 109 Å². The summed E-state index contributed by atoms with van der Waals surface area (Å²) < 4.78 is 0. The molecular formula is C52H32. The lowest BCUT2D eigenvalue weighted by Gasteiger charge is -2.21. The minimum atomic E-state index is 1.24. The van der Waals surface area contributed by atoms with Crippen LogP contribution in [0.5, 0.6) is 0 Å². The number of rotatable bonds is 3. The largest absolute Gasteiger partial charge is 0.0616 e. The zero-order valence-electron chi connectivity index (χ0n) is 28.5. The molecular weight excluding hydrogens is 625 g/mol. The smallest absolute Gasteiger partial charge is 0.00139 e. The van der Waals surface area contributed by atoms with E-state index in [0.29, 0.717) is 0 Å². The summed E-state index contributed by atoms with van der Waals surface area (Å²) in [5.41, 5.74) is 7.48. The molecule has 0 radical (unpaired) electrons. The van der Waals surface area contributed by atoms with Gasteiger partial charge < -0.3 is 0 Å². The lowest BCUT2D eigenvalue weighted by molar-refractivity contribution is 1.61. The maximum Gasteiger partial charge on any atom is -0.00139 e. The van der Waals surface area contributed by atoms with Crippen molar-refractivity contribution >= 4 is 75.4 Å². The molecule has 11 aromatic carbocycles. The fourth-order valence-corrected chi connectivity index (χ4v) is 8.91. The molecule has 11 aromatic rings. The molecule has 0 fully saturated rings. The van der Waals surface area contributed by atoms with Crippen LogP contribution in [-0.4, -0.2) is 0 Å². The highest BCUT2D eigenvalue weighted by Gasteiger charge is 2.21. The molecule has 240 valence electrons. The molecule has 0 saturated carbocycles.